The van der Waals surface area contributed by atoms with Gasteiger partial charge < -0.3 is 15.4 Å². The molecule has 1 heterocycles. The summed E-state index contributed by atoms with van der Waals surface area (Å²) in [6, 6.07) is 6.35. The topological polar surface area (TPSA) is 57.1 Å². The van der Waals surface area contributed by atoms with Gasteiger partial charge in [0.1, 0.15) is 5.82 Å². The van der Waals surface area contributed by atoms with Crippen molar-refractivity contribution in [2.24, 2.45) is 0 Å². The highest BCUT2D eigenvalue weighted by Crippen LogP contribution is 2.18. The van der Waals surface area contributed by atoms with Crippen LogP contribution in [-0.4, -0.2) is 32.3 Å². The third kappa shape index (κ3) is 2.54. The Morgan fingerprint density at radius 3 is 3.00 bits per heavy atom. The van der Waals surface area contributed by atoms with Gasteiger partial charge in [0.15, 0.2) is 0 Å². The molecule has 0 aromatic heterocycles. The predicted molar refractivity (Wildman–Crippen MR) is 62.2 cm³/mol. The third-order valence-electron chi connectivity index (χ3n) is 2.90. The number of hydrogen-bond donors (Lipinski definition) is 2. The molecule has 0 amide bonds. The second-order valence-electron chi connectivity index (χ2n) is 3.99. The molecule has 4 nitrogen and oxygen atoms in total. The van der Waals surface area contributed by atoms with Gasteiger partial charge in [-0.05, 0) is 18.2 Å². The van der Waals surface area contributed by atoms with E-state index in [9.17, 15) is 4.39 Å². The maximum atomic E-state index is 13.6. The highest BCUT2D eigenvalue weighted by atomic mass is 19.1. The van der Waals surface area contributed by atoms with Crippen LogP contribution < -0.4 is 10.6 Å². The lowest BCUT2D eigenvalue weighted by Crippen LogP contribution is -2.33. The number of nitriles is 1. The van der Waals surface area contributed by atoms with Crippen LogP contribution >= 0.6 is 0 Å². The standard InChI is InChI=1S/C12H14FN3O/c1-17-12-7-15-6-11(12)16-10-3-2-8(5-14)4-9(10)13/h2-4,11-12,15-16H,6-7H2,1H3/t11?,12-/m1/s1. The van der Waals surface area contributed by atoms with E-state index in [1.54, 1.807) is 19.2 Å². The van der Waals surface area contributed by atoms with Crippen LogP contribution in [0.15, 0.2) is 18.2 Å². The smallest absolute Gasteiger partial charge is 0.147 e. The molecule has 1 unspecified atom stereocenters. The minimum Gasteiger partial charge on any atom is -0.378 e. The first kappa shape index (κ1) is 11.8. The lowest BCUT2D eigenvalue weighted by molar-refractivity contribution is 0.111. The molecule has 1 fully saturated rings. The van der Waals surface area contributed by atoms with E-state index in [0.717, 1.165) is 13.1 Å². The summed E-state index contributed by atoms with van der Waals surface area (Å²) < 4.78 is 18.9. The molecule has 0 aliphatic carbocycles. The second kappa shape index (κ2) is 5.13. The van der Waals surface area contributed by atoms with Crippen molar-refractivity contribution in [3.63, 3.8) is 0 Å². The van der Waals surface area contributed by atoms with Gasteiger partial charge in [0.2, 0.25) is 0 Å². The van der Waals surface area contributed by atoms with Gasteiger partial charge in [-0.15, -0.1) is 0 Å². The Labute approximate surface area is 99.4 Å². The SMILES string of the molecule is CO[C@@H]1CNCC1Nc1ccc(C#N)cc1F. The zero-order valence-electron chi connectivity index (χ0n) is 9.53. The van der Waals surface area contributed by atoms with Crippen LogP contribution in [0.5, 0.6) is 0 Å². The average Bonchev–Trinajstić information content (AvgIpc) is 2.79. The summed E-state index contributed by atoms with van der Waals surface area (Å²) in [5.41, 5.74) is 0.723. The monoisotopic (exact) mass is 235 g/mol. The number of methoxy groups -OCH3 is 1. The molecule has 2 N–H and O–H groups in total. The molecule has 0 radical (unpaired) electrons. The summed E-state index contributed by atoms with van der Waals surface area (Å²) in [5, 5.41) is 14.9. The Kier molecular flexibility index (Phi) is 3.57. The van der Waals surface area contributed by atoms with Crippen molar-refractivity contribution in [1.29, 1.82) is 5.26 Å². The zero-order valence-corrected chi connectivity index (χ0v) is 9.53. The summed E-state index contributed by atoms with van der Waals surface area (Å²) in [6.45, 7) is 1.49. The number of ether oxygens (including phenoxy) is 1. The predicted octanol–water partition coefficient (Wildman–Crippen LogP) is 1.10. The van der Waals surface area contributed by atoms with Crippen molar-refractivity contribution in [3.05, 3.63) is 29.6 Å². The minimum atomic E-state index is -0.411. The molecule has 0 saturated carbocycles. The number of anilines is 1. The lowest BCUT2D eigenvalue weighted by Gasteiger charge is -2.20. The number of nitrogens with zero attached hydrogens (tertiary/aromatic N) is 1. The average molecular weight is 235 g/mol. The quantitative estimate of drug-likeness (QED) is 0.823. The van der Waals surface area contributed by atoms with Gasteiger partial charge >= 0.3 is 0 Å². The third-order valence-corrected chi connectivity index (χ3v) is 2.90. The van der Waals surface area contributed by atoms with E-state index < -0.39 is 5.82 Å². The number of nitrogens with one attached hydrogen (secondary N) is 2. The van der Waals surface area contributed by atoms with Crippen molar-refractivity contribution < 1.29 is 9.13 Å². The fourth-order valence-electron chi connectivity index (χ4n) is 1.95. The molecule has 2 rings (SSSR count). The van der Waals surface area contributed by atoms with Crippen LogP contribution in [0.2, 0.25) is 0 Å². The Bertz CT molecular complexity index is 444. The van der Waals surface area contributed by atoms with Crippen LogP contribution in [-0.2, 0) is 4.74 Å². The Hall–Kier alpha value is -1.64. The van der Waals surface area contributed by atoms with Gasteiger partial charge in [0.25, 0.3) is 0 Å². The van der Waals surface area contributed by atoms with Crippen LogP contribution in [0.3, 0.4) is 0 Å². The highest BCUT2D eigenvalue weighted by molar-refractivity contribution is 5.49. The van der Waals surface area contributed by atoms with E-state index >= 15 is 0 Å². The molecule has 1 aliphatic rings. The minimum absolute atomic E-state index is 0.0324. The maximum Gasteiger partial charge on any atom is 0.147 e. The molecule has 2 atom stereocenters. The van der Waals surface area contributed by atoms with Crippen molar-refractivity contribution in [3.8, 4) is 6.07 Å². The summed E-state index contributed by atoms with van der Waals surface area (Å²) >= 11 is 0. The molecule has 0 bridgehead atoms. The fraction of sp³-hybridized carbons (Fsp3) is 0.417. The second-order valence-corrected chi connectivity index (χ2v) is 3.99. The summed E-state index contributed by atoms with van der Waals surface area (Å²) in [7, 11) is 1.64. The van der Waals surface area contributed by atoms with Gasteiger partial charge in [-0.2, -0.15) is 5.26 Å². The zero-order chi connectivity index (χ0) is 12.3. The number of hydrogen-bond acceptors (Lipinski definition) is 4. The Balaban J connectivity index is 2.11. The summed E-state index contributed by atoms with van der Waals surface area (Å²) in [6.07, 6.45) is 0.0324. The Morgan fingerprint density at radius 2 is 2.35 bits per heavy atom. The van der Waals surface area contributed by atoms with Gasteiger partial charge in [0.05, 0.1) is 29.5 Å². The van der Waals surface area contributed by atoms with Crippen LogP contribution in [0.4, 0.5) is 10.1 Å². The Morgan fingerprint density at radius 1 is 1.53 bits per heavy atom. The van der Waals surface area contributed by atoms with E-state index in [4.69, 9.17) is 10.00 Å². The van der Waals surface area contributed by atoms with Crippen molar-refractivity contribution >= 4 is 5.69 Å². The molecule has 0 spiro atoms. The maximum absolute atomic E-state index is 13.6. The van der Waals surface area contributed by atoms with E-state index in [-0.39, 0.29) is 12.1 Å². The summed E-state index contributed by atoms with van der Waals surface area (Å²) in [5.74, 6) is -0.411. The number of rotatable bonds is 3. The number of benzene rings is 1. The van der Waals surface area contributed by atoms with Crippen molar-refractivity contribution in [1.82, 2.24) is 5.32 Å². The molecule has 1 aromatic rings. The highest BCUT2D eigenvalue weighted by Gasteiger charge is 2.27. The summed E-state index contributed by atoms with van der Waals surface area (Å²) in [4.78, 5) is 0. The van der Waals surface area contributed by atoms with Crippen LogP contribution in [0.25, 0.3) is 0 Å². The largest absolute Gasteiger partial charge is 0.378 e. The number of halogens is 1. The van der Waals surface area contributed by atoms with E-state index in [2.05, 4.69) is 10.6 Å². The van der Waals surface area contributed by atoms with Gasteiger partial charge in [-0.1, -0.05) is 0 Å². The first-order valence-corrected chi connectivity index (χ1v) is 5.44. The van der Waals surface area contributed by atoms with E-state index in [0.29, 0.717) is 11.3 Å². The van der Waals surface area contributed by atoms with Gasteiger partial charge in [0, 0.05) is 20.2 Å². The van der Waals surface area contributed by atoms with E-state index in [1.807, 2.05) is 6.07 Å². The first-order chi connectivity index (χ1) is 8.24. The molecule has 1 aromatic carbocycles. The van der Waals surface area contributed by atoms with Gasteiger partial charge in [-0.25, -0.2) is 4.39 Å². The van der Waals surface area contributed by atoms with Crippen LogP contribution in [0.1, 0.15) is 5.56 Å². The first-order valence-electron chi connectivity index (χ1n) is 5.44. The molecule has 1 saturated heterocycles. The molecular weight excluding hydrogens is 221 g/mol. The van der Waals surface area contributed by atoms with Gasteiger partial charge in [-0.3, -0.25) is 0 Å². The van der Waals surface area contributed by atoms with E-state index in [1.165, 1.54) is 6.07 Å². The van der Waals surface area contributed by atoms with Crippen molar-refractivity contribution in [2.75, 3.05) is 25.5 Å². The molecule has 5 heteroatoms. The normalized spacial score (nSPS) is 23.4. The molecule has 1 aliphatic heterocycles. The molecular formula is C12H14FN3O. The lowest BCUT2D eigenvalue weighted by atomic mass is 10.1. The molecule has 90 valence electrons. The molecule has 17 heavy (non-hydrogen) atoms. The van der Waals surface area contributed by atoms with Crippen molar-refractivity contribution in [2.45, 2.75) is 12.1 Å². The fourth-order valence-corrected chi connectivity index (χ4v) is 1.95. The van der Waals surface area contributed by atoms with Crippen LogP contribution in [0, 0.1) is 17.1 Å².